The molecule has 3 aromatic carbocycles. The first kappa shape index (κ1) is 24.0. The fraction of sp³-hybridized carbons (Fsp3) is 0.120. The van der Waals surface area contributed by atoms with E-state index in [0.717, 1.165) is 5.56 Å². The lowest BCUT2D eigenvalue weighted by Crippen LogP contribution is -2.33. The molecule has 0 aliphatic carbocycles. The highest BCUT2D eigenvalue weighted by molar-refractivity contribution is 6.40. The van der Waals surface area contributed by atoms with Crippen molar-refractivity contribution in [2.24, 2.45) is 5.10 Å². The van der Waals surface area contributed by atoms with Gasteiger partial charge in [-0.2, -0.15) is 5.10 Å². The molecule has 0 spiro atoms. The molecule has 3 rings (SSSR count). The second-order valence-electron chi connectivity index (χ2n) is 7.13. The summed E-state index contributed by atoms with van der Waals surface area (Å²) in [7, 11) is 3.03. The number of hydrogen-bond donors (Lipinski definition) is 3. The van der Waals surface area contributed by atoms with Crippen LogP contribution >= 0.6 is 0 Å². The number of ether oxygens (including phenoxy) is 2. The van der Waals surface area contributed by atoms with Crippen LogP contribution in [-0.4, -0.2) is 38.2 Å². The molecular formula is C25H24N4O5. The number of aryl methyl sites for hydroxylation is 1. The smallest absolute Gasteiger partial charge is 0.329 e. The summed E-state index contributed by atoms with van der Waals surface area (Å²) in [6, 6.07) is 18.7. The van der Waals surface area contributed by atoms with Gasteiger partial charge in [-0.25, -0.2) is 5.43 Å². The Hall–Kier alpha value is -4.66. The van der Waals surface area contributed by atoms with Crippen molar-refractivity contribution >= 4 is 35.3 Å². The fourth-order valence-corrected chi connectivity index (χ4v) is 2.95. The van der Waals surface area contributed by atoms with Gasteiger partial charge in [0.2, 0.25) is 0 Å². The summed E-state index contributed by atoms with van der Waals surface area (Å²) in [5.41, 5.74) is 4.85. The van der Waals surface area contributed by atoms with Gasteiger partial charge in [-0.05, 0) is 55.0 Å². The van der Waals surface area contributed by atoms with E-state index < -0.39 is 17.7 Å². The summed E-state index contributed by atoms with van der Waals surface area (Å²) < 4.78 is 10.4. The van der Waals surface area contributed by atoms with Gasteiger partial charge in [-0.15, -0.1) is 0 Å². The van der Waals surface area contributed by atoms with Crippen LogP contribution in [0.25, 0.3) is 0 Å². The number of nitrogens with zero attached hydrogens (tertiary/aromatic N) is 1. The molecule has 0 aromatic heterocycles. The minimum atomic E-state index is -0.995. The molecule has 0 saturated heterocycles. The van der Waals surface area contributed by atoms with Gasteiger partial charge in [-0.3, -0.25) is 14.4 Å². The molecule has 0 fully saturated rings. The predicted molar refractivity (Wildman–Crippen MR) is 129 cm³/mol. The van der Waals surface area contributed by atoms with Gasteiger partial charge in [-0.1, -0.05) is 29.8 Å². The molecule has 3 N–H and O–H groups in total. The number of rotatable bonds is 7. The van der Waals surface area contributed by atoms with Crippen molar-refractivity contribution in [2.75, 3.05) is 24.9 Å². The Labute approximate surface area is 196 Å². The SMILES string of the molecule is COc1ccc(C=NNC(=O)C(=O)Nc2ccccc2C(=O)Nc2ccc(C)cc2)cc1OC. The number of nitrogens with one attached hydrogen (secondary N) is 3. The standard InChI is InChI=1S/C25H24N4O5/c1-16-8-11-18(12-9-16)27-23(30)19-6-4-5-7-20(19)28-24(31)25(32)29-26-15-17-10-13-21(33-2)22(14-17)34-3/h4-15H,1-3H3,(H,27,30)(H,28,31)(H,29,32). The summed E-state index contributed by atoms with van der Waals surface area (Å²) in [6.45, 7) is 1.94. The van der Waals surface area contributed by atoms with E-state index in [1.165, 1.54) is 26.5 Å². The Morgan fingerprint density at radius 3 is 2.24 bits per heavy atom. The van der Waals surface area contributed by atoms with Crippen molar-refractivity contribution in [1.29, 1.82) is 0 Å². The Bertz CT molecular complexity index is 1220. The minimum Gasteiger partial charge on any atom is -0.493 e. The molecule has 34 heavy (non-hydrogen) atoms. The highest BCUT2D eigenvalue weighted by Crippen LogP contribution is 2.26. The Morgan fingerprint density at radius 1 is 0.824 bits per heavy atom. The van der Waals surface area contributed by atoms with E-state index in [2.05, 4.69) is 21.2 Å². The largest absolute Gasteiger partial charge is 0.493 e. The van der Waals surface area contributed by atoms with E-state index in [9.17, 15) is 14.4 Å². The topological polar surface area (TPSA) is 118 Å². The van der Waals surface area contributed by atoms with Crippen molar-refractivity contribution < 1.29 is 23.9 Å². The third-order valence-electron chi connectivity index (χ3n) is 4.72. The van der Waals surface area contributed by atoms with Crippen molar-refractivity contribution in [3.8, 4) is 11.5 Å². The zero-order valence-corrected chi connectivity index (χ0v) is 18.9. The lowest BCUT2D eigenvalue weighted by Gasteiger charge is -2.11. The first-order valence-electron chi connectivity index (χ1n) is 10.2. The molecule has 0 bridgehead atoms. The van der Waals surface area contributed by atoms with Crippen LogP contribution in [0.15, 0.2) is 71.8 Å². The quantitative estimate of drug-likeness (QED) is 0.284. The number of amides is 3. The number of carbonyl (C=O) groups is 3. The monoisotopic (exact) mass is 460 g/mol. The van der Waals surface area contributed by atoms with E-state index in [4.69, 9.17) is 9.47 Å². The highest BCUT2D eigenvalue weighted by Gasteiger charge is 2.17. The number of hydrazone groups is 1. The van der Waals surface area contributed by atoms with Gasteiger partial charge in [0, 0.05) is 5.69 Å². The molecule has 0 radical (unpaired) electrons. The first-order chi connectivity index (χ1) is 16.4. The van der Waals surface area contributed by atoms with Crippen molar-refractivity contribution in [1.82, 2.24) is 5.43 Å². The Kier molecular flexibility index (Phi) is 7.96. The molecule has 0 aliphatic heterocycles. The van der Waals surface area contributed by atoms with Crippen LogP contribution in [0.2, 0.25) is 0 Å². The van der Waals surface area contributed by atoms with Gasteiger partial charge in [0.1, 0.15) is 0 Å². The van der Waals surface area contributed by atoms with Crippen LogP contribution in [0.1, 0.15) is 21.5 Å². The van der Waals surface area contributed by atoms with Crippen LogP contribution in [0, 0.1) is 6.92 Å². The molecule has 0 aliphatic rings. The minimum absolute atomic E-state index is 0.191. The average Bonchev–Trinajstić information content (AvgIpc) is 2.85. The van der Waals surface area contributed by atoms with Gasteiger partial charge in [0.15, 0.2) is 11.5 Å². The molecule has 3 amide bonds. The van der Waals surface area contributed by atoms with E-state index in [-0.39, 0.29) is 11.3 Å². The average molecular weight is 460 g/mol. The maximum absolute atomic E-state index is 12.7. The Morgan fingerprint density at radius 2 is 1.53 bits per heavy atom. The molecule has 3 aromatic rings. The van der Waals surface area contributed by atoms with Gasteiger partial charge in [0.25, 0.3) is 5.91 Å². The molecule has 174 valence electrons. The lowest BCUT2D eigenvalue weighted by molar-refractivity contribution is -0.136. The van der Waals surface area contributed by atoms with Crippen LogP contribution < -0.4 is 25.5 Å². The van der Waals surface area contributed by atoms with Crippen LogP contribution in [0.5, 0.6) is 11.5 Å². The van der Waals surface area contributed by atoms with Crippen molar-refractivity contribution in [3.05, 3.63) is 83.4 Å². The maximum Gasteiger partial charge on any atom is 0.329 e. The molecular weight excluding hydrogens is 436 g/mol. The summed E-state index contributed by atoms with van der Waals surface area (Å²) in [5, 5.41) is 9.01. The number of benzene rings is 3. The van der Waals surface area contributed by atoms with E-state index in [1.807, 2.05) is 19.1 Å². The second kappa shape index (κ2) is 11.3. The summed E-state index contributed by atoms with van der Waals surface area (Å²) >= 11 is 0. The van der Waals surface area contributed by atoms with Crippen molar-refractivity contribution in [3.63, 3.8) is 0 Å². The van der Waals surface area contributed by atoms with Gasteiger partial charge >= 0.3 is 11.8 Å². The Balaban J connectivity index is 1.63. The number of carbonyl (C=O) groups excluding carboxylic acids is 3. The van der Waals surface area contributed by atoms with Gasteiger partial charge in [0.05, 0.1) is 31.7 Å². The third kappa shape index (κ3) is 6.19. The summed E-state index contributed by atoms with van der Waals surface area (Å²) in [5.74, 6) is -1.35. The van der Waals surface area contributed by atoms with E-state index >= 15 is 0 Å². The summed E-state index contributed by atoms with van der Waals surface area (Å²) in [4.78, 5) is 37.2. The summed E-state index contributed by atoms with van der Waals surface area (Å²) in [6.07, 6.45) is 1.36. The number of anilines is 2. The van der Waals surface area contributed by atoms with Crippen LogP contribution in [-0.2, 0) is 9.59 Å². The zero-order chi connectivity index (χ0) is 24.5. The van der Waals surface area contributed by atoms with Gasteiger partial charge < -0.3 is 20.1 Å². The first-order valence-corrected chi connectivity index (χ1v) is 10.2. The number of para-hydroxylation sites is 1. The number of hydrogen-bond acceptors (Lipinski definition) is 6. The fourth-order valence-electron chi connectivity index (χ4n) is 2.95. The molecule has 0 heterocycles. The molecule has 0 unspecified atom stereocenters. The number of methoxy groups -OCH3 is 2. The van der Waals surface area contributed by atoms with E-state index in [0.29, 0.717) is 22.7 Å². The molecule has 9 heteroatoms. The second-order valence-corrected chi connectivity index (χ2v) is 7.13. The third-order valence-corrected chi connectivity index (χ3v) is 4.72. The van der Waals surface area contributed by atoms with Crippen LogP contribution in [0.3, 0.4) is 0 Å². The molecule has 0 saturated carbocycles. The highest BCUT2D eigenvalue weighted by atomic mass is 16.5. The normalized spacial score (nSPS) is 10.4. The molecule has 9 nitrogen and oxygen atoms in total. The lowest BCUT2D eigenvalue weighted by atomic mass is 10.1. The predicted octanol–water partition coefficient (Wildman–Crippen LogP) is 3.35. The van der Waals surface area contributed by atoms with Crippen molar-refractivity contribution in [2.45, 2.75) is 6.92 Å². The van der Waals surface area contributed by atoms with Crippen LogP contribution in [0.4, 0.5) is 11.4 Å². The molecule has 0 atom stereocenters. The zero-order valence-electron chi connectivity index (χ0n) is 18.9. The maximum atomic E-state index is 12.7. The van der Waals surface area contributed by atoms with E-state index in [1.54, 1.807) is 48.5 Å².